The summed E-state index contributed by atoms with van der Waals surface area (Å²) in [6.07, 6.45) is 2.57. The van der Waals surface area contributed by atoms with Gasteiger partial charge in [0.25, 0.3) is 0 Å². The van der Waals surface area contributed by atoms with E-state index in [-0.39, 0.29) is 23.4 Å². The van der Waals surface area contributed by atoms with Crippen LogP contribution in [0.15, 0.2) is 6.20 Å². The number of aromatic nitrogens is 2. The number of carbonyl (C=O) groups excluding carboxylic acids is 1. The minimum Gasteiger partial charge on any atom is -0.354 e. The molecule has 1 aromatic rings. The first kappa shape index (κ1) is 14.0. The Balaban J connectivity index is 2.24. The molecule has 3 N–H and O–H groups in total. The zero-order valence-electron chi connectivity index (χ0n) is 11.0. The predicted octanol–water partition coefficient (Wildman–Crippen LogP) is 0.507. The average molecular weight is 280 g/mol. The maximum absolute atomic E-state index is 11.7. The van der Waals surface area contributed by atoms with E-state index in [1.54, 1.807) is 0 Å². The number of hydrogen-bond donors (Lipinski definition) is 3. The summed E-state index contributed by atoms with van der Waals surface area (Å²) in [6, 6.07) is -0.508. The van der Waals surface area contributed by atoms with Crippen LogP contribution < -0.4 is 16.0 Å². The number of nitrogens with zero attached hydrogens (tertiary/aromatic N) is 3. The molecule has 20 heavy (non-hydrogen) atoms. The van der Waals surface area contributed by atoms with Gasteiger partial charge in [0.1, 0.15) is 12.2 Å². The van der Waals surface area contributed by atoms with Crippen molar-refractivity contribution in [2.24, 2.45) is 0 Å². The molecule has 0 aromatic carbocycles. The van der Waals surface area contributed by atoms with Gasteiger partial charge in [0.05, 0.1) is 4.92 Å². The van der Waals surface area contributed by atoms with Gasteiger partial charge in [-0.1, -0.05) is 0 Å². The lowest BCUT2D eigenvalue weighted by Crippen LogP contribution is -2.44. The SMILES string of the molecule is CCNc1ncc([N+](=O)[O-])c(NC2CCCNC2=O)n1. The molecule has 1 fully saturated rings. The lowest BCUT2D eigenvalue weighted by Gasteiger charge is -2.23. The maximum Gasteiger partial charge on any atom is 0.329 e. The van der Waals surface area contributed by atoms with Crippen molar-refractivity contribution in [1.82, 2.24) is 15.3 Å². The summed E-state index contributed by atoms with van der Waals surface area (Å²) in [5.74, 6) is 0.175. The molecule has 0 bridgehead atoms. The molecule has 9 nitrogen and oxygen atoms in total. The highest BCUT2D eigenvalue weighted by Gasteiger charge is 2.26. The van der Waals surface area contributed by atoms with Gasteiger partial charge >= 0.3 is 5.69 Å². The van der Waals surface area contributed by atoms with Gasteiger partial charge in [-0.25, -0.2) is 4.98 Å². The van der Waals surface area contributed by atoms with Crippen LogP contribution in [0.3, 0.4) is 0 Å². The van der Waals surface area contributed by atoms with E-state index in [9.17, 15) is 14.9 Å². The Bertz CT molecular complexity index is 521. The molecule has 0 aliphatic carbocycles. The molecule has 1 aromatic heterocycles. The number of nitro groups is 1. The summed E-state index contributed by atoms with van der Waals surface area (Å²) in [6.45, 7) is 3.10. The second-order valence-electron chi connectivity index (χ2n) is 4.35. The molecular formula is C11H16N6O3. The number of piperidine rings is 1. The van der Waals surface area contributed by atoms with Crippen molar-refractivity contribution in [2.75, 3.05) is 23.7 Å². The Morgan fingerprint density at radius 2 is 2.40 bits per heavy atom. The van der Waals surface area contributed by atoms with Crippen molar-refractivity contribution >= 4 is 23.4 Å². The highest BCUT2D eigenvalue weighted by molar-refractivity contribution is 5.85. The van der Waals surface area contributed by atoms with Gasteiger partial charge in [-0.2, -0.15) is 4.98 Å². The molecule has 1 aliphatic heterocycles. The van der Waals surface area contributed by atoms with Gasteiger partial charge in [-0.3, -0.25) is 14.9 Å². The highest BCUT2D eigenvalue weighted by atomic mass is 16.6. The lowest BCUT2D eigenvalue weighted by molar-refractivity contribution is -0.384. The molecular weight excluding hydrogens is 264 g/mol. The number of hydrogen-bond acceptors (Lipinski definition) is 7. The second kappa shape index (κ2) is 6.13. The van der Waals surface area contributed by atoms with Crippen molar-refractivity contribution in [3.8, 4) is 0 Å². The van der Waals surface area contributed by atoms with Gasteiger partial charge in [0.15, 0.2) is 0 Å². The van der Waals surface area contributed by atoms with Crippen LogP contribution in [-0.2, 0) is 4.79 Å². The van der Waals surface area contributed by atoms with E-state index in [0.717, 1.165) is 12.6 Å². The predicted molar refractivity (Wildman–Crippen MR) is 72.5 cm³/mol. The molecule has 0 spiro atoms. The van der Waals surface area contributed by atoms with Crippen molar-refractivity contribution in [3.05, 3.63) is 16.3 Å². The van der Waals surface area contributed by atoms with Crippen LogP contribution in [0.4, 0.5) is 17.5 Å². The molecule has 1 amide bonds. The number of carbonyl (C=O) groups is 1. The Morgan fingerprint density at radius 3 is 3.05 bits per heavy atom. The molecule has 1 unspecified atom stereocenters. The van der Waals surface area contributed by atoms with Crippen LogP contribution in [0.2, 0.25) is 0 Å². The van der Waals surface area contributed by atoms with Crippen molar-refractivity contribution in [1.29, 1.82) is 0 Å². The summed E-state index contributed by atoms with van der Waals surface area (Å²) >= 11 is 0. The van der Waals surface area contributed by atoms with E-state index in [1.165, 1.54) is 0 Å². The van der Waals surface area contributed by atoms with Gasteiger partial charge in [0, 0.05) is 13.1 Å². The van der Waals surface area contributed by atoms with Gasteiger partial charge < -0.3 is 16.0 Å². The highest BCUT2D eigenvalue weighted by Crippen LogP contribution is 2.23. The normalized spacial score (nSPS) is 18.2. The van der Waals surface area contributed by atoms with E-state index in [0.29, 0.717) is 19.5 Å². The summed E-state index contributed by atoms with van der Waals surface area (Å²) in [4.78, 5) is 30.0. The van der Waals surface area contributed by atoms with Crippen LogP contribution >= 0.6 is 0 Å². The van der Waals surface area contributed by atoms with Gasteiger partial charge in [-0.05, 0) is 19.8 Å². The maximum atomic E-state index is 11.7. The van der Waals surface area contributed by atoms with Gasteiger partial charge in [0.2, 0.25) is 17.7 Å². The molecule has 1 atom stereocenters. The smallest absolute Gasteiger partial charge is 0.329 e. The minimum absolute atomic E-state index is 0.0583. The average Bonchev–Trinajstić information content (AvgIpc) is 2.42. The first-order valence-electron chi connectivity index (χ1n) is 6.41. The Labute approximate surface area is 115 Å². The first-order chi connectivity index (χ1) is 9.61. The monoisotopic (exact) mass is 280 g/mol. The third-order valence-electron chi connectivity index (χ3n) is 2.90. The van der Waals surface area contributed by atoms with E-state index < -0.39 is 11.0 Å². The third-order valence-corrected chi connectivity index (χ3v) is 2.90. The Hall–Kier alpha value is -2.45. The molecule has 108 valence electrons. The van der Waals surface area contributed by atoms with E-state index in [1.807, 2.05) is 6.92 Å². The molecule has 0 radical (unpaired) electrons. The fraction of sp³-hybridized carbons (Fsp3) is 0.545. The minimum atomic E-state index is -0.571. The molecule has 2 rings (SSSR count). The van der Waals surface area contributed by atoms with Gasteiger partial charge in [-0.15, -0.1) is 0 Å². The standard InChI is InChI=1S/C11H16N6O3/c1-2-12-11-14-6-8(17(19)20)9(16-11)15-7-4-3-5-13-10(7)18/h6-7H,2-5H2,1H3,(H,13,18)(H2,12,14,15,16). The van der Waals surface area contributed by atoms with Crippen LogP contribution in [0.1, 0.15) is 19.8 Å². The summed E-state index contributed by atoms with van der Waals surface area (Å²) in [7, 11) is 0. The molecule has 1 saturated heterocycles. The summed E-state index contributed by atoms with van der Waals surface area (Å²) < 4.78 is 0. The fourth-order valence-electron chi connectivity index (χ4n) is 1.93. The largest absolute Gasteiger partial charge is 0.354 e. The Morgan fingerprint density at radius 1 is 1.60 bits per heavy atom. The second-order valence-corrected chi connectivity index (χ2v) is 4.35. The molecule has 9 heteroatoms. The topological polar surface area (TPSA) is 122 Å². The number of nitrogens with one attached hydrogen (secondary N) is 3. The zero-order valence-corrected chi connectivity index (χ0v) is 11.0. The number of amides is 1. The fourth-order valence-corrected chi connectivity index (χ4v) is 1.93. The van der Waals surface area contributed by atoms with Crippen molar-refractivity contribution < 1.29 is 9.72 Å². The van der Waals surface area contributed by atoms with Crippen LogP contribution in [0, 0.1) is 10.1 Å². The lowest BCUT2D eigenvalue weighted by atomic mass is 10.1. The van der Waals surface area contributed by atoms with Crippen LogP contribution in [-0.4, -0.2) is 39.9 Å². The Kier molecular flexibility index (Phi) is 4.28. The van der Waals surface area contributed by atoms with E-state index >= 15 is 0 Å². The third kappa shape index (κ3) is 3.11. The molecule has 0 saturated carbocycles. The van der Waals surface area contributed by atoms with E-state index in [2.05, 4.69) is 25.9 Å². The zero-order chi connectivity index (χ0) is 14.5. The number of anilines is 2. The summed E-state index contributed by atoms with van der Waals surface area (Å²) in [5.41, 5.74) is -0.245. The molecule has 2 heterocycles. The van der Waals surface area contributed by atoms with Crippen LogP contribution in [0.5, 0.6) is 0 Å². The van der Waals surface area contributed by atoms with Crippen molar-refractivity contribution in [2.45, 2.75) is 25.8 Å². The van der Waals surface area contributed by atoms with Crippen LogP contribution in [0.25, 0.3) is 0 Å². The first-order valence-corrected chi connectivity index (χ1v) is 6.41. The van der Waals surface area contributed by atoms with E-state index in [4.69, 9.17) is 0 Å². The quantitative estimate of drug-likeness (QED) is 0.530. The number of rotatable bonds is 5. The summed E-state index contributed by atoms with van der Waals surface area (Å²) in [5, 5.41) is 19.4. The van der Waals surface area contributed by atoms with Crippen molar-refractivity contribution in [3.63, 3.8) is 0 Å². The molecule has 1 aliphatic rings.